The summed E-state index contributed by atoms with van der Waals surface area (Å²) in [5.74, 6) is 0. The monoisotopic (exact) mass is 442 g/mol. The van der Waals surface area contributed by atoms with Crippen LogP contribution < -0.4 is 0 Å². The van der Waals surface area contributed by atoms with Gasteiger partial charge in [0.25, 0.3) is 0 Å². The number of para-hydroxylation sites is 1. The molecule has 9 rings (SSSR count). The van der Waals surface area contributed by atoms with Crippen LogP contribution in [0.1, 0.15) is 0 Å². The molecule has 0 aliphatic carbocycles. The second kappa shape index (κ2) is 5.23. The van der Waals surface area contributed by atoms with Crippen molar-refractivity contribution in [2.75, 3.05) is 0 Å². The van der Waals surface area contributed by atoms with Crippen molar-refractivity contribution >= 4 is 101 Å². The standard InChI is InChI=1S/C28H14N2S2/c1-3-10-20-14(6-1)15-8-5-9-18-22(15)25-19(29-18)13-12-17-23-24-16-7-2-4-11-21(16)31-28(24)32-27(23)30(20)26(17)25/h1-13,29H. The molecule has 0 spiro atoms. The van der Waals surface area contributed by atoms with E-state index in [9.17, 15) is 0 Å². The molecule has 0 fully saturated rings. The number of nitrogens with zero attached hydrogens (tertiary/aromatic N) is 1. The molecule has 5 aromatic heterocycles. The van der Waals surface area contributed by atoms with Crippen molar-refractivity contribution in [1.82, 2.24) is 9.38 Å². The van der Waals surface area contributed by atoms with Gasteiger partial charge in [0.2, 0.25) is 0 Å². The lowest BCUT2D eigenvalue weighted by Crippen LogP contribution is -1.83. The number of fused-ring (bicyclic) bond motifs is 10. The van der Waals surface area contributed by atoms with Crippen LogP contribution in [0, 0.1) is 0 Å². The van der Waals surface area contributed by atoms with Crippen molar-refractivity contribution in [2.24, 2.45) is 0 Å². The molecule has 0 aliphatic rings. The van der Waals surface area contributed by atoms with Gasteiger partial charge in [-0.15, -0.1) is 22.7 Å². The van der Waals surface area contributed by atoms with Crippen molar-refractivity contribution in [3.63, 3.8) is 0 Å². The zero-order valence-corrected chi connectivity index (χ0v) is 18.4. The van der Waals surface area contributed by atoms with Crippen LogP contribution in [-0.4, -0.2) is 9.38 Å². The first kappa shape index (κ1) is 16.1. The fraction of sp³-hybridized carbons (Fsp3) is 0. The molecule has 0 bridgehead atoms. The number of thiophene rings is 2. The predicted octanol–water partition coefficient (Wildman–Crippen LogP) is 8.90. The molecule has 0 saturated carbocycles. The molecule has 32 heavy (non-hydrogen) atoms. The number of H-pyrrole nitrogens is 1. The van der Waals surface area contributed by atoms with E-state index in [4.69, 9.17) is 0 Å². The van der Waals surface area contributed by atoms with Gasteiger partial charge in [-0.25, -0.2) is 0 Å². The lowest BCUT2D eigenvalue weighted by Gasteiger charge is -2.01. The van der Waals surface area contributed by atoms with Gasteiger partial charge in [0.15, 0.2) is 0 Å². The summed E-state index contributed by atoms with van der Waals surface area (Å²) < 4.78 is 5.34. The van der Waals surface area contributed by atoms with Crippen molar-refractivity contribution < 1.29 is 0 Å². The lowest BCUT2D eigenvalue weighted by molar-refractivity contribution is 1.38. The van der Waals surface area contributed by atoms with E-state index in [-0.39, 0.29) is 0 Å². The molecule has 2 nitrogen and oxygen atoms in total. The normalized spacial score (nSPS) is 13.0. The molecular formula is C28H14N2S2. The molecule has 4 heteroatoms. The van der Waals surface area contributed by atoms with Crippen LogP contribution in [0.4, 0.5) is 0 Å². The van der Waals surface area contributed by atoms with Crippen LogP contribution in [-0.2, 0) is 0 Å². The molecule has 0 aliphatic heterocycles. The number of aromatic nitrogens is 2. The van der Waals surface area contributed by atoms with E-state index in [1.165, 1.54) is 78.7 Å². The Morgan fingerprint density at radius 1 is 0.562 bits per heavy atom. The smallest absolute Gasteiger partial charge is 0.110 e. The lowest BCUT2D eigenvalue weighted by atomic mass is 10.0. The maximum Gasteiger partial charge on any atom is 0.110 e. The predicted molar refractivity (Wildman–Crippen MR) is 141 cm³/mol. The second-order valence-corrected chi connectivity index (χ2v) is 10.9. The van der Waals surface area contributed by atoms with Gasteiger partial charge >= 0.3 is 0 Å². The van der Waals surface area contributed by atoms with Crippen molar-refractivity contribution in [3.05, 3.63) is 78.9 Å². The summed E-state index contributed by atoms with van der Waals surface area (Å²) >= 11 is 3.86. The summed E-state index contributed by atoms with van der Waals surface area (Å²) in [5.41, 5.74) is 5.04. The van der Waals surface area contributed by atoms with E-state index in [1.807, 2.05) is 22.7 Å². The fourth-order valence-electron chi connectivity index (χ4n) is 5.89. The average Bonchev–Trinajstić information content (AvgIpc) is 3.52. The summed E-state index contributed by atoms with van der Waals surface area (Å²) in [6.07, 6.45) is 0. The zero-order chi connectivity index (χ0) is 20.6. The van der Waals surface area contributed by atoms with Crippen LogP contribution >= 0.6 is 22.7 Å². The van der Waals surface area contributed by atoms with Crippen LogP contribution in [0.25, 0.3) is 78.7 Å². The number of benzene rings is 4. The molecule has 0 amide bonds. The van der Waals surface area contributed by atoms with Crippen LogP contribution in [0.5, 0.6) is 0 Å². The Labute approximate surface area is 189 Å². The number of rotatable bonds is 0. The quantitative estimate of drug-likeness (QED) is 0.242. The van der Waals surface area contributed by atoms with E-state index in [2.05, 4.69) is 88.2 Å². The first-order valence-electron chi connectivity index (χ1n) is 10.8. The first-order chi connectivity index (χ1) is 15.9. The minimum Gasteiger partial charge on any atom is -0.354 e. The van der Waals surface area contributed by atoms with Crippen LogP contribution in [0.15, 0.2) is 78.9 Å². The van der Waals surface area contributed by atoms with Gasteiger partial charge < -0.3 is 4.98 Å². The molecule has 5 heterocycles. The minimum absolute atomic E-state index is 1.21. The fourth-order valence-corrected chi connectivity index (χ4v) is 8.59. The van der Waals surface area contributed by atoms with Gasteiger partial charge in [-0.1, -0.05) is 54.6 Å². The minimum atomic E-state index is 1.21. The highest BCUT2D eigenvalue weighted by Gasteiger charge is 2.23. The maximum atomic E-state index is 3.69. The Morgan fingerprint density at radius 3 is 2.34 bits per heavy atom. The van der Waals surface area contributed by atoms with E-state index in [0.717, 1.165) is 0 Å². The average molecular weight is 443 g/mol. The number of nitrogens with one attached hydrogen (secondary N) is 1. The molecule has 0 unspecified atom stereocenters. The Bertz CT molecular complexity index is 2190. The van der Waals surface area contributed by atoms with Crippen molar-refractivity contribution in [3.8, 4) is 0 Å². The Balaban J connectivity index is 1.75. The van der Waals surface area contributed by atoms with E-state index in [0.29, 0.717) is 0 Å². The van der Waals surface area contributed by atoms with Gasteiger partial charge in [0.05, 0.1) is 15.0 Å². The van der Waals surface area contributed by atoms with Gasteiger partial charge in [-0.2, -0.15) is 0 Å². The van der Waals surface area contributed by atoms with Gasteiger partial charge in [0.1, 0.15) is 4.83 Å². The summed E-state index contributed by atoms with van der Waals surface area (Å²) in [6, 6.07) is 29.0. The zero-order valence-electron chi connectivity index (χ0n) is 16.8. The largest absolute Gasteiger partial charge is 0.354 e. The highest BCUT2D eigenvalue weighted by Crippen LogP contribution is 2.50. The third-order valence-corrected chi connectivity index (χ3v) is 9.54. The SMILES string of the molecule is c1ccc2c(c1)sc1sc3c(c4ccc5[nH]c6cccc7c8ccccc8n3c4c5c67)c12. The third kappa shape index (κ3) is 1.66. The molecule has 0 radical (unpaired) electrons. The Morgan fingerprint density at radius 2 is 1.38 bits per heavy atom. The second-order valence-electron chi connectivity index (χ2n) is 8.63. The van der Waals surface area contributed by atoms with Gasteiger partial charge in [-0.3, -0.25) is 4.40 Å². The molecule has 9 aromatic rings. The van der Waals surface area contributed by atoms with Crippen LogP contribution in [0.3, 0.4) is 0 Å². The molecule has 0 atom stereocenters. The summed E-state index contributed by atoms with van der Waals surface area (Å²) in [5, 5.41) is 10.9. The molecule has 0 saturated heterocycles. The molecule has 1 N–H and O–H groups in total. The van der Waals surface area contributed by atoms with Gasteiger partial charge in [-0.05, 0) is 29.7 Å². The van der Waals surface area contributed by atoms with Crippen LogP contribution in [0.2, 0.25) is 0 Å². The summed E-state index contributed by atoms with van der Waals surface area (Å²) in [4.78, 5) is 5.05. The number of aromatic amines is 1. The topological polar surface area (TPSA) is 20.2 Å². The van der Waals surface area contributed by atoms with Crippen molar-refractivity contribution in [1.29, 1.82) is 0 Å². The van der Waals surface area contributed by atoms with Crippen molar-refractivity contribution in [2.45, 2.75) is 0 Å². The van der Waals surface area contributed by atoms with E-state index in [1.54, 1.807) is 0 Å². The Hall–Kier alpha value is -3.60. The van der Waals surface area contributed by atoms with Gasteiger partial charge in [0, 0.05) is 53.4 Å². The molecular weight excluding hydrogens is 428 g/mol. The first-order valence-corrected chi connectivity index (χ1v) is 12.4. The maximum absolute atomic E-state index is 3.69. The molecule has 4 aromatic carbocycles. The number of hydrogen-bond donors (Lipinski definition) is 1. The number of hydrogen-bond acceptors (Lipinski definition) is 2. The third-order valence-electron chi connectivity index (χ3n) is 7.11. The molecule has 148 valence electrons. The summed E-state index contributed by atoms with van der Waals surface area (Å²) in [6.45, 7) is 0. The van der Waals surface area contributed by atoms with E-state index < -0.39 is 0 Å². The van der Waals surface area contributed by atoms with E-state index >= 15 is 0 Å². The highest BCUT2D eigenvalue weighted by molar-refractivity contribution is 7.44. The Kier molecular flexibility index (Phi) is 2.63. The summed E-state index contributed by atoms with van der Waals surface area (Å²) in [7, 11) is 0. The highest BCUT2D eigenvalue weighted by atomic mass is 32.2.